The maximum Gasteiger partial charge on any atom is 0.0394 e. The van der Waals surface area contributed by atoms with Gasteiger partial charge in [-0.05, 0) is 54.7 Å². The second-order valence-corrected chi connectivity index (χ2v) is 5.78. The smallest absolute Gasteiger partial charge is 0.0394 e. The molecule has 1 fully saturated rings. The Morgan fingerprint density at radius 2 is 1.95 bits per heavy atom. The Kier molecular flexibility index (Phi) is 4.04. The highest BCUT2D eigenvalue weighted by atomic mass is 15.2. The van der Waals surface area contributed by atoms with E-state index < -0.39 is 0 Å². The average molecular weight is 268 g/mol. The van der Waals surface area contributed by atoms with Crippen LogP contribution in [0, 0.1) is 5.92 Å². The van der Waals surface area contributed by atoms with Crippen molar-refractivity contribution in [1.29, 1.82) is 0 Å². The summed E-state index contributed by atoms with van der Waals surface area (Å²) < 4.78 is 0. The van der Waals surface area contributed by atoms with Crippen LogP contribution in [-0.2, 0) is 0 Å². The predicted octanol–water partition coefficient (Wildman–Crippen LogP) is 3.57. The number of nitrogens with zero attached hydrogens (tertiary/aromatic N) is 1. The lowest BCUT2D eigenvalue weighted by Gasteiger charge is -2.41. The van der Waals surface area contributed by atoms with Gasteiger partial charge in [0.2, 0.25) is 0 Å². The number of likely N-dealkylation sites (tertiary alicyclic amines) is 1. The Balaban J connectivity index is 2.10. The molecule has 2 N–H and O–H groups in total. The molecule has 106 valence electrons. The first-order valence-electron chi connectivity index (χ1n) is 7.77. The fourth-order valence-corrected chi connectivity index (χ4v) is 3.71. The Hall–Kier alpha value is -1.38. The van der Waals surface area contributed by atoms with Crippen molar-refractivity contribution in [3.63, 3.8) is 0 Å². The topological polar surface area (TPSA) is 29.3 Å². The fraction of sp³-hybridized carbons (Fsp3) is 0.444. The third-order valence-electron chi connectivity index (χ3n) is 4.71. The molecule has 2 unspecified atom stereocenters. The molecule has 2 atom stereocenters. The maximum atomic E-state index is 6.07. The van der Waals surface area contributed by atoms with Gasteiger partial charge in [0.05, 0.1) is 0 Å². The Labute approximate surface area is 121 Å². The summed E-state index contributed by atoms with van der Waals surface area (Å²) in [6, 6.07) is 15.9. The standard InChI is InChI=1S/C18H24N2/c1-2-20-12-6-9-15(13-19)18(20)17-11-5-8-14-7-3-4-10-16(14)17/h3-5,7-8,10-11,15,18H,2,6,9,12-13,19H2,1H3. The molecule has 2 aromatic carbocycles. The molecular formula is C18H24N2. The van der Waals surface area contributed by atoms with Crippen LogP contribution in [0.2, 0.25) is 0 Å². The summed E-state index contributed by atoms with van der Waals surface area (Å²) in [5.74, 6) is 0.578. The number of nitrogens with two attached hydrogens (primary N) is 1. The van der Waals surface area contributed by atoms with Gasteiger partial charge in [0.1, 0.15) is 0 Å². The predicted molar refractivity (Wildman–Crippen MR) is 85.7 cm³/mol. The highest BCUT2D eigenvalue weighted by Gasteiger charge is 2.31. The van der Waals surface area contributed by atoms with Crippen molar-refractivity contribution in [2.45, 2.75) is 25.8 Å². The van der Waals surface area contributed by atoms with Gasteiger partial charge in [0.25, 0.3) is 0 Å². The average Bonchev–Trinajstić information content (AvgIpc) is 2.53. The van der Waals surface area contributed by atoms with Gasteiger partial charge in [0.15, 0.2) is 0 Å². The number of benzene rings is 2. The van der Waals surface area contributed by atoms with Crippen molar-refractivity contribution in [2.24, 2.45) is 11.7 Å². The van der Waals surface area contributed by atoms with Gasteiger partial charge in [-0.25, -0.2) is 0 Å². The summed E-state index contributed by atoms with van der Waals surface area (Å²) in [7, 11) is 0. The molecule has 0 aromatic heterocycles. The maximum absolute atomic E-state index is 6.07. The number of fused-ring (bicyclic) bond motifs is 1. The third kappa shape index (κ3) is 2.34. The summed E-state index contributed by atoms with van der Waals surface area (Å²) >= 11 is 0. The van der Waals surface area contributed by atoms with Crippen LogP contribution in [0.1, 0.15) is 31.4 Å². The van der Waals surface area contributed by atoms with E-state index in [1.807, 2.05) is 0 Å². The monoisotopic (exact) mass is 268 g/mol. The van der Waals surface area contributed by atoms with Crippen molar-refractivity contribution >= 4 is 10.8 Å². The molecule has 0 amide bonds. The van der Waals surface area contributed by atoms with Crippen LogP contribution < -0.4 is 5.73 Å². The molecule has 2 heteroatoms. The van der Waals surface area contributed by atoms with Crippen LogP contribution in [-0.4, -0.2) is 24.5 Å². The summed E-state index contributed by atoms with van der Waals surface area (Å²) in [5, 5.41) is 2.72. The fourth-order valence-electron chi connectivity index (χ4n) is 3.71. The third-order valence-corrected chi connectivity index (χ3v) is 4.71. The molecule has 3 rings (SSSR count). The molecular weight excluding hydrogens is 244 g/mol. The lowest BCUT2D eigenvalue weighted by Crippen LogP contribution is -2.41. The molecule has 20 heavy (non-hydrogen) atoms. The number of hydrogen-bond acceptors (Lipinski definition) is 2. The summed E-state index contributed by atoms with van der Waals surface area (Å²) in [5.41, 5.74) is 7.52. The van der Waals surface area contributed by atoms with Gasteiger partial charge in [-0.1, -0.05) is 49.4 Å². The summed E-state index contributed by atoms with van der Waals surface area (Å²) in [6.07, 6.45) is 2.53. The Morgan fingerprint density at radius 3 is 2.75 bits per heavy atom. The number of piperidine rings is 1. The summed E-state index contributed by atoms with van der Waals surface area (Å²) in [6.45, 7) is 5.34. The molecule has 1 aliphatic heterocycles. The normalized spacial score (nSPS) is 24.1. The van der Waals surface area contributed by atoms with Crippen LogP contribution in [0.25, 0.3) is 10.8 Å². The molecule has 0 saturated carbocycles. The van der Waals surface area contributed by atoms with Crippen molar-refractivity contribution in [1.82, 2.24) is 4.90 Å². The van der Waals surface area contributed by atoms with E-state index in [1.165, 1.54) is 35.7 Å². The Bertz CT molecular complexity index is 561. The first kappa shape index (κ1) is 13.6. The van der Waals surface area contributed by atoms with E-state index in [9.17, 15) is 0 Å². The lowest BCUT2D eigenvalue weighted by atomic mass is 9.83. The second kappa shape index (κ2) is 5.94. The van der Waals surface area contributed by atoms with E-state index in [4.69, 9.17) is 5.73 Å². The van der Waals surface area contributed by atoms with E-state index in [2.05, 4.69) is 54.3 Å². The zero-order chi connectivity index (χ0) is 13.9. The minimum absolute atomic E-state index is 0.477. The molecule has 1 saturated heterocycles. The van der Waals surface area contributed by atoms with E-state index in [-0.39, 0.29) is 0 Å². The molecule has 2 aromatic rings. The minimum Gasteiger partial charge on any atom is -0.330 e. The van der Waals surface area contributed by atoms with Gasteiger partial charge in [-0.15, -0.1) is 0 Å². The van der Waals surface area contributed by atoms with E-state index >= 15 is 0 Å². The number of rotatable bonds is 3. The van der Waals surface area contributed by atoms with Crippen LogP contribution in [0.5, 0.6) is 0 Å². The quantitative estimate of drug-likeness (QED) is 0.922. The van der Waals surface area contributed by atoms with Gasteiger partial charge in [-0.3, -0.25) is 4.90 Å². The van der Waals surface area contributed by atoms with Crippen molar-refractivity contribution < 1.29 is 0 Å². The van der Waals surface area contributed by atoms with Crippen LogP contribution in [0.4, 0.5) is 0 Å². The SMILES string of the molecule is CCN1CCCC(CN)C1c1cccc2ccccc12. The molecule has 0 aliphatic carbocycles. The zero-order valence-corrected chi connectivity index (χ0v) is 12.3. The van der Waals surface area contributed by atoms with Crippen LogP contribution in [0.15, 0.2) is 42.5 Å². The largest absolute Gasteiger partial charge is 0.330 e. The van der Waals surface area contributed by atoms with E-state index in [0.717, 1.165) is 13.1 Å². The van der Waals surface area contributed by atoms with Crippen molar-refractivity contribution in [3.05, 3.63) is 48.0 Å². The summed E-state index contributed by atoms with van der Waals surface area (Å²) in [4.78, 5) is 2.60. The van der Waals surface area contributed by atoms with Gasteiger partial charge >= 0.3 is 0 Å². The molecule has 0 radical (unpaired) electrons. The molecule has 0 spiro atoms. The Morgan fingerprint density at radius 1 is 1.15 bits per heavy atom. The van der Waals surface area contributed by atoms with Crippen molar-refractivity contribution in [2.75, 3.05) is 19.6 Å². The second-order valence-electron chi connectivity index (χ2n) is 5.78. The van der Waals surface area contributed by atoms with Gasteiger partial charge in [0, 0.05) is 6.04 Å². The van der Waals surface area contributed by atoms with Crippen LogP contribution >= 0.6 is 0 Å². The highest BCUT2D eigenvalue weighted by Crippen LogP contribution is 2.38. The van der Waals surface area contributed by atoms with Gasteiger partial charge in [-0.2, -0.15) is 0 Å². The van der Waals surface area contributed by atoms with E-state index in [1.54, 1.807) is 0 Å². The highest BCUT2D eigenvalue weighted by molar-refractivity contribution is 5.86. The van der Waals surface area contributed by atoms with Gasteiger partial charge < -0.3 is 5.73 Å². The van der Waals surface area contributed by atoms with Crippen molar-refractivity contribution in [3.8, 4) is 0 Å². The molecule has 0 bridgehead atoms. The van der Waals surface area contributed by atoms with Crippen LogP contribution in [0.3, 0.4) is 0 Å². The number of hydrogen-bond donors (Lipinski definition) is 1. The molecule has 1 heterocycles. The molecule has 1 aliphatic rings. The lowest BCUT2D eigenvalue weighted by molar-refractivity contribution is 0.103. The minimum atomic E-state index is 0.477. The first-order valence-corrected chi connectivity index (χ1v) is 7.77. The zero-order valence-electron chi connectivity index (χ0n) is 12.3. The first-order chi connectivity index (χ1) is 9.85. The molecule has 2 nitrogen and oxygen atoms in total. The van der Waals surface area contributed by atoms with E-state index in [0.29, 0.717) is 12.0 Å².